The van der Waals surface area contributed by atoms with Crippen molar-refractivity contribution in [1.29, 1.82) is 0 Å². The Kier molecular flexibility index (Phi) is 4.23. The molecule has 2 aromatic carbocycles. The van der Waals surface area contributed by atoms with Gasteiger partial charge in [-0.15, -0.1) is 0 Å². The van der Waals surface area contributed by atoms with Gasteiger partial charge >= 0.3 is 129 Å². The number of phenols is 4. The first-order chi connectivity index (χ1) is 9.88. The van der Waals surface area contributed by atoms with E-state index in [0.717, 1.165) is 22.1 Å². The van der Waals surface area contributed by atoms with Crippen LogP contribution in [0, 0.1) is 0 Å². The molecule has 0 aliphatic carbocycles. The molecule has 2 aromatic rings. The summed E-state index contributed by atoms with van der Waals surface area (Å²) in [5.41, 5.74) is 0.472. The van der Waals surface area contributed by atoms with E-state index in [4.69, 9.17) is 0 Å². The molecule has 0 spiro atoms. The molecule has 108 valence electrons. The first kappa shape index (κ1) is 15.0. The average molecular weight is 347 g/mol. The van der Waals surface area contributed by atoms with Crippen molar-refractivity contribution < 1.29 is 25.2 Å². The van der Waals surface area contributed by atoms with Gasteiger partial charge in [-0.3, -0.25) is 0 Å². The van der Waals surface area contributed by atoms with Crippen LogP contribution in [0.1, 0.15) is 15.9 Å². The maximum atomic E-state index is 12.0. The van der Waals surface area contributed by atoms with Crippen molar-refractivity contribution in [3.63, 3.8) is 0 Å². The number of phenolic OH excluding ortho intramolecular Hbond substituents is 4. The summed E-state index contributed by atoms with van der Waals surface area (Å²) in [7, 11) is 0. The monoisotopic (exact) mass is 348 g/mol. The minimum absolute atomic E-state index is 0.243. The zero-order valence-corrected chi connectivity index (χ0v) is 15.4. The van der Waals surface area contributed by atoms with Gasteiger partial charge in [0, 0.05) is 0 Å². The Morgan fingerprint density at radius 3 is 2.14 bits per heavy atom. The Bertz CT molecular complexity index is 714. The van der Waals surface area contributed by atoms with Crippen LogP contribution in [-0.2, 0) is 0 Å². The van der Waals surface area contributed by atoms with Crippen LogP contribution in [0.4, 0.5) is 0 Å². The number of hydrogen-bond acceptors (Lipinski definition) is 5. The summed E-state index contributed by atoms with van der Waals surface area (Å²) in [6.45, 7) is 0. The Morgan fingerprint density at radius 2 is 1.57 bits per heavy atom. The number of benzene rings is 2. The number of hydrogen-bond donors (Lipinski definition) is 4. The Labute approximate surface area is 129 Å². The van der Waals surface area contributed by atoms with Crippen LogP contribution < -0.4 is 4.40 Å². The van der Waals surface area contributed by atoms with Gasteiger partial charge in [0.15, 0.2) is 0 Å². The molecule has 0 heterocycles. The van der Waals surface area contributed by atoms with Gasteiger partial charge in [-0.25, -0.2) is 0 Å². The van der Waals surface area contributed by atoms with E-state index in [2.05, 4.69) is 0 Å². The quantitative estimate of drug-likeness (QED) is 0.366. The van der Waals surface area contributed by atoms with Gasteiger partial charge in [-0.05, 0) is 0 Å². The first-order valence-electron chi connectivity index (χ1n) is 6.15. The van der Waals surface area contributed by atoms with E-state index in [9.17, 15) is 25.2 Å². The van der Waals surface area contributed by atoms with Crippen LogP contribution in [0.5, 0.6) is 23.0 Å². The van der Waals surface area contributed by atoms with Crippen LogP contribution in [0.25, 0.3) is 6.08 Å². The van der Waals surface area contributed by atoms with Gasteiger partial charge in [-0.1, -0.05) is 0 Å². The molecular formula is C15H14GeO5. The summed E-state index contributed by atoms with van der Waals surface area (Å²) < 4.78 is 0.854. The summed E-state index contributed by atoms with van der Waals surface area (Å²) in [6.07, 6.45) is 2.74. The molecule has 21 heavy (non-hydrogen) atoms. The van der Waals surface area contributed by atoms with E-state index >= 15 is 0 Å². The molecule has 2 rings (SSSR count). The molecule has 0 bridgehead atoms. The van der Waals surface area contributed by atoms with Crippen LogP contribution in [0.3, 0.4) is 0 Å². The number of carbonyl (C=O) groups excluding carboxylic acids is 1. The second-order valence-electron chi connectivity index (χ2n) is 4.60. The Hall–Kier alpha value is -2.41. The van der Waals surface area contributed by atoms with Crippen molar-refractivity contribution in [3.8, 4) is 23.0 Å². The molecule has 0 fully saturated rings. The Morgan fingerprint density at radius 1 is 0.952 bits per heavy atom. The molecule has 0 amide bonds. The van der Waals surface area contributed by atoms with Gasteiger partial charge in [0.05, 0.1) is 0 Å². The molecule has 6 heteroatoms. The maximum absolute atomic E-state index is 12.0. The van der Waals surface area contributed by atoms with Crippen LogP contribution in [-0.4, -0.2) is 42.7 Å². The second-order valence-corrected chi connectivity index (χ2v) is 6.86. The van der Waals surface area contributed by atoms with E-state index in [-0.39, 0.29) is 17.1 Å². The van der Waals surface area contributed by atoms with E-state index in [1.165, 1.54) is 12.2 Å². The minimum atomic E-state index is -0.586. The van der Waals surface area contributed by atoms with Gasteiger partial charge < -0.3 is 0 Å². The van der Waals surface area contributed by atoms with Gasteiger partial charge in [0.25, 0.3) is 0 Å². The fraction of sp³-hybridized carbons (Fsp3) is 0. The summed E-state index contributed by atoms with van der Waals surface area (Å²) in [5, 5.41) is 37.9. The molecule has 0 aromatic heterocycles. The molecule has 4 N–H and O–H groups in total. The predicted octanol–water partition coefficient (Wildman–Crippen LogP) is 0.396. The average Bonchev–Trinajstić information content (AvgIpc) is 2.39. The second kappa shape index (κ2) is 5.92. The van der Waals surface area contributed by atoms with Crippen molar-refractivity contribution in [2.24, 2.45) is 0 Å². The topological polar surface area (TPSA) is 98.0 Å². The molecule has 0 saturated heterocycles. The van der Waals surface area contributed by atoms with E-state index in [1.807, 2.05) is 0 Å². The third-order valence-corrected chi connectivity index (χ3v) is 4.66. The van der Waals surface area contributed by atoms with Crippen LogP contribution in [0.15, 0.2) is 36.4 Å². The molecule has 0 saturated carbocycles. The first-order valence-corrected chi connectivity index (χ1v) is 8.25. The van der Waals surface area contributed by atoms with Crippen molar-refractivity contribution in [1.82, 2.24) is 0 Å². The third kappa shape index (κ3) is 3.38. The summed E-state index contributed by atoms with van der Waals surface area (Å²) >= 11 is 0.304. The molecule has 0 unspecified atom stereocenters. The molecule has 5 nitrogen and oxygen atoms in total. The van der Waals surface area contributed by atoms with E-state index in [0.29, 0.717) is 16.5 Å². The zero-order chi connectivity index (χ0) is 15.6. The summed E-state index contributed by atoms with van der Waals surface area (Å²) in [4.78, 5) is 12.0. The van der Waals surface area contributed by atoms with Crippen molar-refractivity contribution in [2.75, 3.05) is 0 Å². The van der Waals surface area contributed by atoms with E-state index in [1.54, 1.807) is 18.2 Å². The number of ketones is 1. The molecule has 0 aliphatic heterocycles. The predicted molar refractivity (Wildman–Crippen MR) is 82.5 cm³/mol. The van der Waals surface area contributed by atoms with Gasteiger partial charge in [0.1, 0.15) is 0 Å². The Balaban J connectivity index is 2.29. The normalized spacial score (nSPS) is 11.0. The van der Waals surface area contributed by atoms with Crippen molar-refractivity contribution in [2.45, 2.75) is 0 Å². The van der Waals surface area contributed by atoms with Gasteiger partial charge in [-0.2, -0.15) is 0 Å². The third-order valence-electron chi connectivity index (χ3n) is 2.98. The number of aromatic hydroxyl groups is 4. The summed E-state index contributed by atoms with van der Waals surface area (Å²) in [6, 6.07) is 6.96. The van der Waals surface area contributed by atoms with Crippen LogP contribution >= 0.6 is 0 Å². The van der Waals surface area contributed by atoms with E-state index < -0.39 is 17.3 Å². The van der Waals surface area contributed by atoms with Crippen LogP contribution in [0.2, 0.25) is 0 Å². The van der Waals surface area contributed by atoms with Gasteiger partial charge in [0.2, 0.25) is 0 Å². The summed E-state index contributed by atoms with van der Waals surface area (Å²) in [5.74, 6) is -1.64. The van der Waals surface area contributed by atoms with Crippen molar-refractivity contribution >= 4 is 32.8 Å². The standard InChI is InChI=1S/C15H14GeO5/c16-10-5-8(1-3-11(10)18)2-4-12(19)15-13(20)6-9(17)7-14(15)21/h1-7,17-18,20-21H,16H3. The molecule has 0 radical (unpaired) electrons. The SMILES string of the molecule is O=C(C=Cc1ccc(O)[c]([GeH3])c1)c1c(O)cc(O)cc1O. The number of allylic oxidation sites excluding steroid dienone is 1. The van der Waals surface area contributed by atoms with Crippen molar-refractivity contribution in [3.05, 3.63) is 47.5 Å². The molecule has 0 aliphatic rings. The number of carbonyl (C=O) groups is 1. The number of rotatable bonds is 3. The zero-order valence-electron chi connectivity index (χ0n) is 11.2. The molecule has 0 atom stereocenters. The molecular weight excluding hydrogens is 333 g/mol. The fourth-order valence-electron chi connectivity index (χ4n) is 1.89. The fourth-order valence-corrected chi connectivity index (χ4v) is 2.94.